The Bertz CT molecular complexity index is 1200. The van der Waals surface area contributed by atoms with Crippen molar-refractivity contribution < 1.29 is 13.2 Å². The SMILES string of the molecule is CNc1cccc(S(=O)(=O)NC(=O)c2ccc(C(C)(C)C)nc2N2CCC(C3CC3)C2(C)C)n1. The quantitative estimate of drug-likeness (QED) is 0.638. The van der Waals surface area contributed by atoms with Gasteiger partial charge in [0.05, 0.1) is 5.56 Å². The van der Waals surface area contributed by atoms with E-state index in [1.54, 1.807) is 25.2 Å². The maximum atomic E-state index is 13.4. The first kappa shape index (κ1) is 24.4. The zero-order chi connectivity index (χ0) is 24.9. The third-order valence-electron chi connectivity index (χ3n) is 7.08. The lowest BCUT2D eigenvalue weighted by atomic mass is 9.84. The van der Waals surface area contributed by atoms with Crippen molar-refractivity contribution in [3.05, 3.63) is 41.6 Å². The second-order valence-corrected chi connectivity index (χ2v) is 12.5. The molecule has 0 aromatic carbocycles. The van der Waals surface area contributed by atoms with Crippen LogP contribution in [0.1, 0.15) is 69.9 Å². The normalized spacial score (nSPS) is 20.3. The minimum absolute atomic E-state index is 0.179. The maximum Gasteiger partial charge on any atom is 0.281 e. The number of amides is 1. The van der Waals surface area contributed by atoms with Crippen molar-refractivity contribution in [3.8, 4) is 0 Å². The molecule has 184 valence electrons. The number of sulfonamides is 1. The van der Waals surface area contributed by atoms with Gasteiger partial charge in [0.2, 0.25) is 0 Å². The molecule has 1 unspecified atom stereocenters. The number of hydrogen-bond donors (Lipinski definition) is 2. The van der Waals surface area contributed by atoms with Crippen molar-refractivity contribution in [2.45, 2.75) is 69.9 Å². The third kappa shape index (κ3) is 4.62. The molecule has 4 rings (SSSR count). The Labute approximate surface area is 202 Å². The van der Waals surface area contributed by atoms with E-state index < -0.39 is 15.9 Å². The number of hydrogen-bond acceptors (Lipinski definition) is 7. The Morgan fingerprint density at radius 1 is 1.09 bits per heavy atom. The number of rotatable bonds is 6. The second kappa shape index (κ2) is 8.52. The van der Waals surface area contributed by atoms with E-state index in [-0.39, 0.29) is 21.5 Å². The number of carbonyl (C=O) groups is 1. The van der Waals surface area contributed by atoms with Gasteiger partial charge in [-0.05, 0) is 69.2 Å². The van der Waals surface area contributed by atoms with Crippen LogP contribution in [0.4, 0.5) is 11.6 Å². The fourth-order valence-corrected chi connectivity index (χ4v) is 5.92. The van der Waals surface area contributed by atoms with E-state index in [1.807, 2.05) is 6.07 Å². The van der Waals surface area contributed by atoms with Crippen LogP contribution in [0.25, 0.3) is 0 Å². The van der Waals surface area contributed by atoms with Gasteiger partial charge in [0.15, 0.2) is 5.03 Å². The average Bonchev–Trinajstić information content (AvgIpc) is 3.55. The van der Waals surface area contributed by atoms with Gasteiger partial charge in [0.25, 0.3) is 15.9 Å². The highest BCUT2D eigenvalue weighted by Gasteiger charge is 2.49. The van der Waals surface area contributed by atoms with Crippen LogP contribution in [-0.2, 0) is 15.4 Å². The summed E-state index contributed by atoms with van der Waals surface area (Å²) in [7, 11) is -2.51. The van der Waals surface area contributed by atoms with Crippen LogP contribution < -0.4 is 14.9 Å². The van der Waals surface area contributed by atoms with E-state index in [9.17, 15) is 13.2 Å². The van der Waals surface area contributed by atoms with Crippen molar-refractivity contribution in [2.24, 2.45) is 11.8 Å². The van der Waals surface area contributed by atoms with E-state index in [2.05, 4.69) is 54.5 Å². The molecule has 1 saturated heterocycles. The zero-order valence-electron chi connectivity index (χ0n) is 20.8. The van der Waals surface area contributed by atoms with Gasteiger partial charge in [0.1, 0.15) is 11.6 Å². The van der Waals surface area contributed by atoms with Crippen molar-refractivity contribution >= 4 is 27.6 Å². The van der Waals surface area contributed by atoms with Gasteiger partial charge in [0, 0.05) is 30.2 Å². The Morgan fingerprint density at radius 2 is 1.79 bits per heavy atom. The number of nitrogens with zero attached hydrogens (tertiary/aromatic N) is 3. The molecule has 0 radical (unpaired) electrons. The van der Waals surface area contributed by atoms with Crippen LogP contribution in [0.3, 0.4) is 0 Å². The lowest BCUT2D eigenvalue weighted by molar-refractivity contribution is 0.0981. The summed E-state index contributed by atoms with van der Waals surface area (Å²) in [5, 5.41) is 2.59. The summed E-state index contributed by atoms with van der Waals surface area (Å²) in [6.45, 7) is 11.4. The molecule has 2 fully saturated rings. The predicted molar refractivity (Wildman–Crippen MR) is 134 cm³/mol. The number of nitrogens with one attached hydrogen (secondary N) is 2. The molecule has 1 amide bonds. The van der Waals surface area contributed by atoms with E-state index in [4.69, 9.17) is 4.98 Å². The van der Waals surface area contributed by atoms with Crippen LogP contribution in [-0.4, -0.2) is 43.4 Å². The Kier molecular flexibility index (Phi) is 6.12. The second-order valence-electron chi connectivity index (χ2n) is 10.9. The van der Waals surface area contributed by atoms with Crippen LogP contribution in [0, 0.1) is 11.8 Å². The summed E-state index contributed by atoms with van der Waals surface area (Å²) in [4.78, 5) is 24.6. The minimum Gasteiger partial charge on any atom is -0.373 e. The van der Waals surface area contributed by atoms with Crippen LogP contribution in [0.2, 0.25) is 0 Å². The Balaban J connectivity index is 1.72. The highest BCUT2D eigenvalue weighted by Crippen LogP contribution is 2.50. The molecular formula is C25H35N5O3S. The lowest BCUT2D eigenvalue weighted by Gasteiger charge is -2.38. The minimum atomic E-state index is -4.16. The maximum absolute atomic E-state index is 13.4. The van der Waals surface area contributed by atoms with Gasteiger partial charge < -0.3 is 10.2 Å². The lowest BCUT2D eigenvalue weighted by Crippen LogP contribution is -2.45. The molecule has 2 N–H and O–H groups in total. The molecule has 1 atom stereocenters. The van der Waals surface area contributed by atoms with Gasteiger partial charge in [-0.25, -0.2) is 14.7 Å². The van der Waals surface area contributed by atoms with Crippen molar-refractivity contribution in [1.82, 2.24) is 14.7 Å². The summed E-state index contributed by atoms with van der Waals surface area (Å²) < 4.78 is 28.1. The molecule has 0 spiro atoms. The number of carbonyl (C=O) groups excluding carboxylic acids is 1. The van der Waals surface area contributed by atoms with Gasteiger partial charge in [-0.2, -0.15) is 8.42 Å². The largest absolute Gasteiger partial charge is 0.373 e. The highest BCUT2D eigenvalue weighted by molar-refractivity contribution is 7.90. The molecule has 34 heavy (non-hydrogen) atoms. The molecule has 1 aliphatic carbocycles. The molecule has 3 heterocycles. The molecule has 2 aromatic rings. The number of pyridine rings is 2. The number of anilines is 2. The molecule has 2 aromatic heterocycles. The monoisotopic (exact) mass is 485 g/mol. The van der Waals surface area contributed by atoms with Gasteiger partial charge in [-0.1, -0.05) is 26.8 Å². The van der Waals surface area contributed by atoms with E-state index in [0.717, 1.165) is 18.7 Å². The summed E-state index contributed by atoms with van der Waals surface area (Å²) in [6, 6.07) is 8.10. The van der Waals surface area contributed by atoms with Crippen molar-refractivity contribution in [1.29, 1.82) is 0 Å². The molecular weight excluding hydrogens is 450 g/mol. The first-order chi connectivity index (χ1) is 15.8. The van der Waals surface area contributed by atoms with Gasteiger partial charge >= 0.3 is 0 Å². The first-order valence-corrected chi connectivity index (χ1v) is 13.3. The fourth-order valence-electron chi connectivity index (χ4n) is 4.98. The van der Waals surface area contributed by atoms with E-state index in [1.165, 1.54) is 18.9 Å². The first-order valence-electron chi connectivity index (χ1n) is 11.9. The zero-order valence-corrected chi connectivity index (χ0v) is 21.7. The summed E-state index contributed by atoms with van der Waals surface area (Å²) >= 11 is 0. The van der Waals surface area contributed by atoms with Crippen LogP contribution >= 0.6 is 0 Å². The van der Waals surface area contributed by atoms with E-state index in [0.29, 0.717) is 23.5 Å². The van der Waals surface area contributed by atoms with Crippen molar-refractivity contribution in [2.75, 3.05) is 23.8 Å². The van der Waals surface area contributed by atoms with Gasteiger partial charge in [-0.15, -0.1) is 0 Å². The van der Waals surface area contributed by atoms with Crippen LogP contribution in [0.5, 0.6) is 0 Å². The topological polar surface area (TPSA) is 104 Å². The Morgan fingerprint density at radius 3 is 2.41 bits per heavy atom. The number of aromatic nitrogens is 2. The smallest absolute Gasteiger partial charge is 0.281 e. The summed E-state index contributed by atoms with van der Waals surface area (Å²) in [5.41, 5.74) is 0.718. The van der Waals surface area contributed by atoms with Crippen LogP contribution in [0.15, 0.2) is 35.4 Å². The van der Waals surface area contributed by atoms with Gasteiger partial charge in [-0.3, -0.25) is 4.79 Å². The third-order valence-corrected chi connectivity index (χ3v) is 8.32. The van der Waals surface area contributed by atoms with Crippen molar-refractivity contribution in [3.63, 3.8) is 0 Å². The van der Waals surface area contributed by atoms with E-state index >= 15 is 0 Å². The molecule has 2 aliphatic rings. The Hall–Kier alpha value is -2.68. The highest BCUT2D eigenvalue weighted by atomic mass is 32.2. The molecule has 1 aliphatic heterocycles. The standard InChI is InChI=1S/C25H35N5O3S/c1-24(2,3)19-13-12-17(22(27-19)30-15-14-18(16-10-11-16)25(30,4)5)23(31)29-34(32,33)21-9-7-8-20(26-6)28-21/h7-9,12-13,16,18H,10-11,14-15H2,1-6H3,(H,26,28)(H,29,31). The predicted octanol–water partition coefficient (Wildman–Crippen LogP) is 3.95. The summed E-state index contributed by atoms with van der Waals surface area (Å²) in [5.74, 6) is 1.49. The summed E-state index contributed by atoms with van der Waals surface area (Å²) in [6.07, 6.45) is 3.54. The molecule has 8 nitrogen and oxygen atoms in total. The molecule has 1 saturated carbocycles. The average molecular weight is 486 g/mol. The molecule has 0 bridgehead atoms. The molecule has 9 heteroatoms. The fraction of sp³-hybridized carbons (Fsp3) is 0.560.